The Bertz CT molecular complexity index is 899. The first-order valence-corrected chi connectivity index (χ1v) is 8.41. The van der Waals surface area contributed by atoms with E-state index in [1.807, 2.05) is 0 Å². The quantitative estimate of drug-likeness (QED) is 0.783. The molecule has 0 saturated heterocycles. The Morgan fingerprint density at radius 3 is 2.44 bits per heavy atom. The molecular weight excluding hydrogens is 387 g/mol. The van der Waals surface area contributed by atoms with Crippen LogP contribution in [0.2, 0.25) is 15.1 Å². The number of amides is 3. The van der Waals surface area contributed by atoms with Crippen LogP contribution >= 0.6 is 34.8 Å². The van der Waals surface area contributed by atoms with Crippen molar-refractivity contribution >= 4 is 58.2 Å². The second kappa shape index (κ2) is 7.04. The Kier molecular flexibility index (Phi) is 4.99. The molecule has 0 spiro atoms. The minimum Gasteiger partial charge on any atom is -0.325 e. The topological polar surface area (TPSA) is 66.5 Å². The summed E-state index contributed by atoms with van der Waals surface area (Å²) in [7, 11) is 0. The smallest absolute Gasteiger partial charge is 0.263 e. The van der Waals surface area contributed by atoms with E-state index < -0.39 is 11.8 Å². The van der Waals surface area contributed by atoms with Crippen molar-refractivity contribution in [3.8, 4) is 0 Å². The van der Waals surface area contributed by atoms with Crippen LogP contribution < -0.4 is 5.32 Å². The van der Waals surface area contributed by atoms with E-state index >= 15 is 0 Å². The van der Waals surface area contributed by atoms with Crippen molar-refractivity contribution in [2.45, 2.75) is 6.42 Å². The van der Waals surface area contributed by atoms with Gasteiger partial charge in [0.1, 0.15) is 0 Å². The lowest BCUT2D eigenvalue weighted by Gasteiger charge is -2.14. The number of carbonyl (C=O) groups excluding carboxylic acids is 3. The largest absolute Gasteiger partial charge is 0.325 e. The fourth-order valence-electron chi connectivity index (χ4n) is 2.51. The fraction of sp³-hybridized carbons (Fsp3) is 0.118. The molecule has 0 atom stereocenters. The number of fused-ring (bicyclic) bond motifs is 1. The first-order chi connectivity index (χ1) is 11.9. The normalized spacial score (nSPS) is 13.2. The van der Waals surface area contributed by atoms with Gasteiger partial charge in [-0.15, -0.1) is 0 Å². The summed E-state index contributed by atoms with van der Waals surface area (Å²) in [6, 6.07) is 9.36. The molecule has 1 aliphatic rings. The van der Waals surface area contributed by atoms with Crippen LogP contribution in [0.1, 0.15) is 27.1 Å². The lowest BCUT2D eigenvalue weighted by atomic mass is 10.1. The highest BCUT2D eigenvalue weighted by Crippen LogP contribution is 2.29. The van der Waals surface area contributed by atoms with Crippen molar-refractivity contribution in [3.05, 3.63) is 62.6 Å². The van der Waals surface area contributed by atoms with Crippen molar-refractivity contribution < 1.29 is 14.4 Å². The molecule has 8 heteroatoms. The fourth-order valence-corrected chi connectivity index (χ4v) is 3.22. The van der Waals surface area contributed by atoms with Crippen LogP contribution in [-0.2, 0) is 4.79 Å². The Morgan fingerprint density at radius 1 is 1.00 bits per heavy atom. The molecule has 0 aromatic heterocycles. The zero-order valence-corrected chi connectivity index (χ0v) is 15.0. The highest BCUT2D eigenvalue weighted by molar-refractivity contribution is 6.37. The van der Waals surface area contributed by atoms with Gasteiger partial charge in [-0.2, -0.15) is 0 Å². The number of halogens is 3. The summed E-state index contributed by atoms with van der Waals surface area (Å²) >= 11 is 17.8. The van der Waals surface area contributed by atoms with Gasteiger partial charge in [0.2, 0.25) is 5.91 Å². The van der Waals surface area contributed by atoms with Crippen LogP contribution in [0.5, 0.6) is 0 Å². The molecule has 2 aromatic rings. The number of carbonyl (C=O) groups is 3. The highest BCUT2D eigenvalue weighted by Gasteiger charge is 2.37. The molecule has 3 rings (SSSR count). The summed E-state index contributed by atoms with van der Waals surface area (Å²) in [6.45, 7) is -0.0558. The number of imide groups is 1. The van der Waals surface area contributed by atoms with Crippen LogP contribution in [0.25, 0.3) is 0 Å². The number of rotatable bonds is 4. The Labute approximate surface area is 158 Å². The second-order valence-corrected chi connectivity index (χ2v) is 6.60. The van der Waals surface area contributed by atoms with Crippen LogP contribution in [0.15, 0.2) is 36.4 Å². The standard InChI is InChI=1S/C17H11Cl3N2O3/c18-9-4-5-13(12(20)8-9)21-14(23)6-7-22-16(24)10-2-1-3-11(19)15(10)17(22)25/h1-5,8H,6-7H2,(H,21,23). The molecule has 1 aliphatic heterocycles. The van der Waals surface area contributed by atoms with E-state index in [4.69, 9.17) is 34.8 Å². The summed E-state index contributed by atoms with van der Waals surface area (Å²) in [6.07, 6.45) is -0.0674. The summed E-state index contributed by atoms with van der Waals surface area (Å²) in [5.41, 5.74) is 0.829. The van der Waals surface area contributed by atoms with Gasteiger partial charge in [0.15, 0.2) is 0 Å². The first-order valence-electron chi connectivity index (χ1n) is 7.28. The molecule has 3 amide bonds. The molecule has 25 heavy (non-hydrogen) atoms. The van der Waals surface area contributed by atoms with Gasteiger partial charge < -0.3 is 5.32 Å². The van der Waals surface area contributed by atoms with Gasteiger partial charge in [-0.25, -0.2) is 0 Å². The summed E-state index contributed by atoms with van der Waals surface area (Å²) in [5.74, 6) is -1.34. The van der Waals surface area contributed by atoms with Crippen molar-refractivity contribution in [2.24, 2.45) is 0 Å². The highest BCUT2D eigenvalue weighted by atomic mass is 35.5. The predicted molar refractivity (Wildman–Crippen MR) is 96.5 cm³/mol. The molecule has 0 saturated carbocycles. The minimum absolute atomic E-state index is 0.0558. The van der Waals surface area contributed by atoms with Gasteiger partial charge in [0.05, 0.1) is 26.9 Å². The average molecular weight is 398 g/mol. The van der Waals surface area contributed by atoms with Gasteiger partial charge in [0.25, 0.3) is 11.8 Å². The summed E-state index contributed by atoms with van der Waals surface area (Å²) in [4.78, 5) is 37.7. The van der Waals surface area contributed by atoms with Crippen molar-refractivity contribution in [1.82, 2.24) is 4.90 Å². The number of nitrogens with one attached hydrogen (secondary N) is 1. The zero-order valence-electron chi connectivity index (χ0n) is 12.7. The second-order valence-electron chi connectivity index (χ2n) is 5.35. The van der Waals surface area contributed by atoms with Gasteiger partial charge in [0, 0.05) is 18.0 Å². The van der Waals surface area contributed by atoms with Crippen LogP contribution in [0.3, 0.4) is 0 Å². The van der Waals surface area contributed by atoms with Crippen molar-refractivity contribution in [3.63, 3.8) is 0 Å². The SMILES string of the molecule is O=C(CCN1C(=O)c2cccc(Cl)c2C1=O)Nc1ccc(Cl)cc1Cl. The number of anilines is 1. The lowest BCUT2D eigenvalue weighted by Crippen LogP contribution is -2.33. The Morgan fingerprint density at radius 2 is 1.76 bits per heavy atom. The molecule has 0 fully saturated rings. The maximum absolute atomic E-state index is 12.3. The maximum Gasteiger partial charge on any atom is 0.263 e. The molecule has 0 bridgehead atoms. The maximum atomic E-state index is 12.3. The number of hydrogen-bond acceptors (Lipinski definition) is 3. The Hall–Kier alpha value is -2.08. The van der Waals surface area contributed by atoms with E-state index in [9.17, 15) is 14.4 Å². The number of nitrogens with zero attached hydrogens (tertiary/aromatic N) is 1. The summed E-state index contributed by atoms with van der Waals surface area (Å²) < 4.78 is 0. The van der Waals surface area contributed by atoms with Gasteiger partial charge in [-0.3, -0.25) is 19.3 Å². The van der Waals surface area contributed by atoms with E-state index in [0.717, 1.165) is 4.90 Å². The molecule has 0 aliphatic carbocycles. The van der Waals surface area contributed by atoms with E-state index in [-0.39, 0.29) is 35.0 Å². The number of hydrogen-bond donors (Lipinski definition) is 1. The van der Waals surface area contributed by atoms with E-state index in [1.54, 1.807) is 24.3 Å². The average Bonchev–Trinajstić information content (AvgIpc) is 2.80. The molecule has 2 aromatic carbocycles. The van der Waals surface area contributed by atoms with E-state index in [0.29, 0.717) is 15.7 Å². The monoisotopic (exact) mass is 396 g/mol. The van der Waals surface area contributed by atoms with Crippen molar-refractivity contribution in [2.75, 3.05) is 11.9 Å². The predicted octanol–water partition coefficient (Wildman–Crippen LogP) is 4.27. The zero-order chi connectivity index (χ0) is 18.1. The third kappa shape index (κ3) is 3.49. The van der Waals surface area contributed by atoms with Crippen molar-refractivity contribution in [1.29, 1.82) is 0 Å². The third-order valence-corrected chi connectivity index (χ3v) is 4.58. The molecule has 128 valence electrons. The molecule has 1 N–H and O–H groups in total. The van der Waals surface area contributed by atoms with Gasteiger partial charge >= 0.3 is 0 Å². The molecule has 0 radical (unpaired) electrons. The van der Waals surface area contributed by atoms with Crippen LogP contribution in [0, 0.1) is 0 Å². The first kappa shape index (κ1) is 17.7. The molecular formula is C17H11Cl3N2O3. The summed E-state index contributed by atoms with van der Waals surface area (Å²) in [5, 5.41) is 3.59. The number of benzene rings is 2. The van der Waals surface area contributed by atoms with E-state index in [2.05, 4.69) is 5.32 Å². The van der Waals surface area contributed by atoms with Gasteiger partial charge in [-0.1, -0.05) is 40.9 Å². The minimum atomic E-state index is -0.497. The molecule has 1 heterocycles. The van der Waals surface area contributed by atoms with Gasteiger partial charge in [-0.05, 0) is 30.3 Å². The third-order valence-electron chi connectivity index (χ3n) is 3.72. The van der Waals surface area contributed by atoms with E-state index in [1.165, 1.54) is 12.1 Å². The van der Waals surface area contributed by atoms with Crippen LogP contribution in [0.4, 0.5) is 5.69 Å². The Balaban J connectivity index is 1.66. The lowest BCUT2D eigenvalue weighted by molar-refractivity contribution is -0.116. The van der Waals surface area contributed by atoms with Crippen LogP contribution in [-0.4, -0.2) is 29.2 Å². The molecule has 5 nitrogen and oxygen atoms in total. The molecule has 0 unspecified atom stereocenters.